The quantitative estimate of drug-likeness (QED) is 0.805. The molecule has 1 aliphatic carbocycles. The second-order valence-corrected chi connectivity index (χ2v) is 5.99. The standard InChI is InChI=1S/C16H22F3NO/c1-2-10-4-3-5-11(8-10)15(21)13-9-12(16(17,18)19)6-7-14(13)20/h6-7,9-11,15,21H,2-5,8,20H2,1H3. The summed E-state index contributed by atoms with van der Waals surface area (Å²) in [6, 6.07) is 3.19. The maximum absolute atomic E-state index is 12.8. The van der Waals surface area contributed by atoms with Gasteiger partial charge in [-0.3, -0.25) is 0 Å². The number of benzene rings is 1. The van der Waals surface area contributed by atoms with Crippen LogP contribution in [0.5, 0.6) is 0 Å². The number of halogens is 3. The highest BCUT2D eigenvalue weighted by Gasteiger charge is 2.33. The molecule has 5 heteroatoms. The first-order chi connectivity index (χ1) is 9.82. The summed E-state index contributed by atoms with van der Waals surface area (Å²) in [4.78, 5) is 0. The maximum atomic E-state index is 12.8. The fourth-order valence-electron chi connectivity index (χ4n) is 3.25. The molecule has 0 radical (unpaired) electrons. The Morgan fingerprint density at radius 3 is 2.67 bits per heavy atom. The third kappa shape index (κ3) is 3.70. The zero-order valence-electron chi connectivity index (χ0n) is 12.2. The molecule has 0 amide bonds. The highest BCUT2D eigenvalue weighted by Crippen LogP contribution is 2.41. The Bertz CT molecular complexity index is 487. The molecule has 0 heterocycles. The molecule has 3 atom stereocenters. The van der Waals surface area contributed by atoms with Gasteiger partial charge in [0.15, 0.2) is 0 Å². The predicted octanol–water partition coefficient (Wildman–Crippen LogP) is 4.54. The molecule has 21 heavy (non-hydrogen) atoms. The lowest BCUT2D eigenvalue weighted by Gasteiger charge is -2.32. The van der Waals surface area contributed by atoms with Crippen molar-refractivity contribution in [3.05, 3.63) is 29.3 Å². The lowest BCUT2D eigenvalue weighted by Crippen LogP contribution is -2.22. The van der Waals surface area contributed by atoms with E-state index < -0.39 is 17.8 Å². The lowest BCUT2D eigenvalue weighted by molar-refractivity contribution is -0.137. The molecular weight excluding hydrogens is 279 g/mol. The molecule has 0 spiro atoms. The van der Waals surface area contributed by atoms with E-state index in [2.05, 4.69) is 6.92 Å². The van der Waals surface area contributed by atoms with Crippen LogP contribution in [0.4, 0.5) is 18.9 Å². The molecule has 118 valence electrons. The van der Waals surface area contributed by atoms with Crippen LogP contribution in [0, 0.1) is 11.8 Å². The van der Waals surface area contributed by atoms with Gasteiger partial charge in [-0.15, -0.1) is 0 Å². The number of alkyl halides is 3. The third-order valence-corrected chi connectivity index (χ3v) is 4.58. The lowest BCUT2D eigenvalue weighted by atomic mass is 9.76. The fourth-order valence-corrected chi connectivity index (χ4v) is 3.25. The van der Waals surface area contributed by atoms with E-state index in [-0.39, 0.29) is 17.2 Å². The first kappa shape index (κ1) is 16.1. The van der Waals surface area contributed by atoms with Crippen molar-refractivity contribution in [1.82, 2.24) is 0 Å². The van der Waals surface area contributed by atoms with Crippen LogP contribution in [0.25, 0.3) is 0 Å². The molecule has 0 aliphatic heterocycles. The van der Waals surface area contributed by atoms with Crippen molar-refractivity contribution in [2.75, 3.05) is 5.73 Å². The average molecular weight is 301 g/mol. The highest BCUT2D eigenvalue weighted by atomic mass is 19.4. The van der Waals surface area contributed by atoms with Crippen LogP contribution >= 0.6 is 0 Å². The SMILES string of the molecule is CCC1CCCC(C(O)c2cc(C(F)(F)F)ccc2N)C1. The number of hydrogen-bond acceptors (Lipinski definition) is 2. The van der Waals surface area contributed by atoms with Gasteiger partial charge in [-0.1, -0.05) is 26.2 Å². The molecule has 2 nitrogen and oxygen atoms in total. The van der Waals surface area contributed by atoms with Gasteiger partial charge in [0.05, 0.1) is 11.7 Å². The molecule has 2 rings (SSSR count). The van der Waals surface area contributed by atoms with Crippen LogP contribution in [0.15, 0.2) is 18.2 Å². The van der Waals surface area contributed by atoms with Crippen LogP contribution in [-0.2, 0) is 6.18 Å². The van der Waals surface area contributed by atoms with E-state index in [4.69, 9.17) is 5.73 Å². The molecule has 3 N–H and O–H groups in total. The highest BCUT2D eigenvalue weighted by molar-refractivity contribution is 5.50. The second-order valence-electron chi connectivity index (χ2n) is 5.99. The molecule has 0 bridgehead atoms. The van der Waals surface area contributed by atoms with E-state index in [0.29, 0.717) is 5.92 Å². The second kappa shape index (κ2) is 6.26. The zero-order valence-corrected chi connectivity index (χ0v) is 12.2. The predicted molar refractivity (Wildman–Crippen MR) is 76.6 cm³/mol. The Morgan fingerprint density at radius 1 is 1.33 bits per heavy atom. The van der Waals surface area contributed by atoms with Crippen LogP contribution in [0.3, 0.4) is 0 Å². The fraction of sp³-hybridized carbons (Fsp3) is 0.625. The number of aliphatic hydroxyl groups is 1. The molecule has 0 saturated heterocycles. The normalized spacial score (nSPS) is 24.8. The zero-order chi connectivity index (χ0) is 15.6. The Kier molecular flexibility index (Phi) is 4.81. The number of nitrogens with two attached hydrogens (primary N) is 1. The summed E-state index contributed by atoms with van der Waals surface area (Å²) in [5.74, 6) is 0.542. The molecule has 0 aromatic heterocycles. The van der Waals surface area contributed by atoms with E-state index in [0.717, 1.165) is 44.2 Å². The summed E-state index contributed by atoms with van der Waals surface area (Å²) in [6.45, 7) is 2.11. The van der Waals surface area contributed by atoms with Gasteiger partial charge in [0.1, 0.15) is 0 Å². The van der Waals surface area contributed by atoms with Crippen molar-refractivity contribution in [2.24, 2.45) is 11.8 Å². The Hall–Kier alpha value is -1.23. The summed E-state index contributed by atoms with van der Waals surface area (Å²) in [5, 5.41) is 10.5. The molecule has 3 unspecified atom stereocenters. The van der Waals surface area contributed by atoms with Gasteiger partial charge in [0, 0.05) is 11.3 Å². The van der Waals surface area contributed by atoms with E-state index >= 15 is 0 Å². The van der Waals surface area contributed by atoms with Crippen LogP contribution in [-0.4, -0.2) is 5.11 Å². The van der Waals surface area contributed by atoms with Crippen molar-refractivity contribution in [3.8, 4) is 0 Å². The molecule has 1 aromatic rings. The van der Waals surface area contributed by atoms with Gasteiger partial charge in [-0.2, -0.15) is 13.2 Å². The van der Waals surface area contributed by atoms with Crippen LogP contribution < -0.4 is 5.73 Å². The van der Waals surface area contributed by atoms with Crippen molar-refractivity contribution >= 4 is 5.69 Å². The number of rotatable bonds is 3. The first-order valence-electron chi connectivity index (χ1n) is 7.47. The topological polar surface area (TPSA) is 46.2 Å². The van der Waals surface area contributed by atoms with Crippen molar-refractivity contribution in [2.45, 2.75) is 51.3 Å². The minimum atomic E-state index is -4.42. The van der Waals surface area contributed by atoms with Crippen molar-refractivity contribution in [1.29, 1.82) is 0 Å². The van der Waals surface area contributed by atoms with E-state index in [1.807, 2.05) is 0 Å². The van der Waals surface area contributed by atoms with Gasteiger partial charge in [-0.25, -0.2) is 0 Å². The van der Waals surface area contributed by atoms with E-state index in [1.165, 1.54) is 6.07 Å². The first-order valence-corrected chi connectivity index (χ1v) is 7.47. The van der Waals surface area contributed by atoms with E-state index in [1.54, 1.807) is 0 Å². The van der Waals surface area contributed by atoms with Crippen molar-refractivity contribution < 1.29 is 18.3 Å². The van der Waals surface area contributed by atoms with Gasteiger partial charge in [0.25, 0.3) is 0 Å². The summed E-state index contributed by atoms with van der Waals surface area (Å²) in [6.07, 6.45) is -0.443. The minimum absolute atomic E-state index is 0.00511. The number of anilines is 1. The number of aliphatic hydroxyl groups excluding tert-OH is 1. The Labute approximate surface area is 123 Å². The molecule has 1 aliphatic rings. The maximum Gasteiger partial charge on any atom is 0.416 e. The molecule has 1 fully saturated rings. The van der Waals surface area contributed by atoms with Crippen LogP contribution in [0.1, 0.15) is 56.3 Å². The summed E-state index contributed by atoms with van der Waals surface area (Å²) in [5.41, 5.74) is 5.47. The smallest absolute Gasteiger partial charge is 0.398 e. The van der Waals surface area contributed by atoms with Gasteiger partial charge in [-0.05, 0) is 42.9 Å². The summed E-state index contributed by atoms with van der Waals surface area (Å²) in [7, 11) is 0. The van der Waals surface area contributed by atoms with Gasteiger partial charge >= 0.3 is 6.18 Å². The molecule has 1 saturated carbocycles. The molecular formula is C16H22F3NO. The van der Waals surface area contributed by atoms with Gasteiger partial charge < -0.3 is 10.8 Å². The number of hydrogen-bond donors (Lipinski definition) is 2. The molecule has 1 aromatic carbocycles. The summed E-state index contributed by atoms with van der Waals surface area (Å²) < 4.78 is 38.4. The minimum Gasteiger partial charge on any atom is -0.398 e. The van der Waals surface area contributed by atoms with E-state index in [9.17, 15) is 18.3 Å². The Balaban J connectivity index is 2.23. The monoisotopic (exact) mass is 301 g/mol. The average Bonchev–Trinajstić information content (AvgIpc) is 2.46. The van der Waals surface area contributed by atoms with Gasteiger partial charge in [0.2, 0.25) is 0 Å². The van der Waals surface area contributed by atoms with Crippen molar-refractivity contribution in [3.63, 3.8) is 0 Å². The largest absolute Gasteiger partial charge is 0.416 e. The third-order valence-electron chi connectivity index (χ3n) is 4.58. The van der Waals surface area contributed by atoms with Crippen LogP contribution in [0.2, 0.25) is 0 Å². The summed E-state index contributed by atoms with van der Waals surface area (Å²) >= 11 is 0. The Morgan fingerprint density at radius 2 is 2.05 bits per heavy atom. The number of nitrogen functional groups attached to an aromatic ring is 1.